The Balaban J connectivity index is 2.26. The first-order chi connectivity index (χ1) is 7.69. The van der Waals surface area contributed by atoms with Crippen LogP contribution in [0.25, 0.3) is 0 Å². The van der Waals surface area contributed by atoms with Crippen molar-refractivity contribution in [3.8, 4) is 0 Å². The van der Waals surface area contributed by atoms with E-state index in [-0.39, 0.29) is 5.56 Å². The van der Waals surface area contributed by atoms with Crippen LogP contribution in [0.15, 0.2) is 33.0 Å². The molecule has 2 aromatic rings. The first-order valence-corrected chi connectivity index (χ1v) is 6.65. The fourth-order valence-corrected chi connectivity index (χ4v) is 2.50. The summed E-state index contributed by atoms with van der Waals surface area (Å²) in [6.07, 6.45) is 2.73. The minimum absolute atomic E-state index is 0.00533. The van der Waals surface area contributed by atoms with E-state index in [4.69, 9.17) is 0 Å². The summed E-state index contributed by atoms with van der Waals surface area (Å²) in [5, 5.41) is 3.12. The van der Waals surface area contributed by atoms with Gasteiger partial charge in [0.1, 0.15) is 0 Å². The van der Waals surface area contributed by atoms with Crippen molar-refractivity contribution in [3.63, 3.8) is 0 Å². The standard InChI is InChI=1S/C11H11BrN2OS/c1-2-10-13-9(7-16-10)6-14-5-8(12)3-4-11(14)15/h3-5,7H,2,6H2,1H3. The molecule has 16 heavy (non-hydrogen) atoms. The summed E-state index contributed by atoms with van der Waals surface area (Å²) in [5.41, 5.74) is 0.941. The average Bonchev–Trinajstić information content (AvgIpc) is 2.71. The molecule has 0 N–H and O–H groups in total. The largest absolute Gasteiger partial charge is 0.308 e. The van der Waals surface area contributed by atoms with E-state index < -0.39 is 0 Å². The molecule has 0 amide bonds. The molecule has 0 radical (unpaired) electrons. The van der Waals surface area contributed by atoms with Crippen molar-refractivity contribution in [3.05, 3.63) is 49.2 Å². The third kappa shape index (κ3) is 2.59. The molecule has 0 fully saturated rings. The first-order valence-electron chi connectivity index (χ1n) is 4.98. The Morgan fingerprint density at radius 2 is 2.31 bits per heavy atom. The normalized spacial score (nSPS) is 10.6. The van der Waals surface area contributed by atoms with Crippen LogP contribution < -0.4 is 5.56 Å². The van der Waals surface area contributed by atoms with Crippen LogP contribution in [0, 0.1) is 0 Å². The molecule has 2 heterocycles. The Bertz CT molecular complexity index is 547. The minimum Gasteiger partial charge on any atom is -0.308 e. The molecule has 0 unspecified atom stereocenters. The van der Waals surface area contributed by atoms with Crippen molar-refractivity contribution in [1.29, 1.82) is 0 Å². The van der Waals surface area contributed by atoms with E-state index in [0.29, 0.717) is 6.54 Å². The van der Waals surface area contributed by atoms with E-state index in [1.807, 2.05) is 5.38 Å². The zero-order valence-electron chi connectivity index (χ0n) is 8.81. The molecule has 0 aliphatic carbocycles. The number of rotatable bonds is 3. The number of aromatic nitrogens is 2. The fraction of sp³-hybridized carbons (Fsp3) is 0.273. The van der Waals surface area contributed by atoms with Crippen LogP contribution in [0.2, 0.25) is 0 Å². The summed E-state index contributed by atoms with van der Waals surface area (Å²) in [6.45, 7) is 2.61. The maximum Gasteiger partial charge on any atom is 0.250 e. The Morgan fingerprint density at radius 1 is 1.50 bits per heavy atom. The van der Waals surface area contributed by atoms with Gasteiger partial charge in [0.25, 0.3) is 5.56 Å². The summed E-state index contributed by atoms with van der Waals surface area (Å²) in [7, 11) is 0. The van der Waals surface area contributed by atoms with E-state index >= 15 is 0 Å². The van der Waals surface area contributed by atoms with E-state index in [1.54, 1.807) is 34.2 Å². The quantitative estimate of drug-likeness (QED) is 0.873. The molecule has 2 aromatic heterocycles. The van der Waals surface area contributed by atoms with Crippen LogP contribution in [-0.2, 0) is 13.0 Å². The van der Waals surface area contributed by atoms with Gasteiger partial charge in [-0.2, -0.15) is 0 Å². The molecule has 0 aliphatic rings. The average molecular weight is 299 g/mol. The van der Waals surface area contributed by atoms with Crippen LogP contribution in [0.1, 0.15) is 17.6 Å². The smallest absolute Gasteiger partial charge is 0.250 e. The van der Waals surface area contributed by atoms with Crippen molar-refractivity contribution < 1.29 is 0 Å². The molecule has 0 saturated heterocycles. The molecule has 5 heteroatoms. The van der Waals surface area contributed by atoms with Gasteiger partial charge < -0.3 is 4.57 Å². The molecule has 84 valence electrons. The molecular formula is C11H11BrN2OS. The lowest BCUT2D eigenvalue weighted by atomic mass is 10.4. The molecule has 3 nitrogen and oxygen atoms in total. The molecule has 0 aromatic carbocycles. The highest BCUT2D eigenvalue weighted by atomic mass is 79.9. The zero-order valence-corrected chi connectivity index (χ0v) is 11.2. The summed E-state index contributed by atoms with van der Waals surface area (Å²) < 4.78 is 2.55. The topological polar surface area (TPSA) is 34.9 Å². The predicted molar refractivity (Wildman–Crippen MR) is 69.0 cm³/mol. The molecule has 0 spiro atoms. The van der Waals surface area contributed by atoms with Crippen molar-refractivity contribution in [2.24, 2.45) is 0 Å². The van der Waals surface area contributed by atoms with Gasteiger partial charge in [0.15, 0.2) is 0 Å². The Labute approximate surface area is 106 Å². The van der Waals surface area contributed by atoms with Gasteiger partial charge in [-0.1, -0.05) is 6.92 Å². The predicted octanol–water partition coefficient (Wildman–Crippen LogP) is 2.68. The number of nitrogens with zero attached hydrogens (tertiary/aromatic N) is 2. The van der Waals surface area contributed by atoms with Crippen molar-refractivity contribution in [1.82, 2.24) is 9.55 Å². The summed E-state index contributed by atoms with van der Waals surface area (Å²) >= 11 is 4.99. The van der Waals surface area contributed by atoms with Crippen molar-refractivity contribution >= 4 is 27.3 Å². The van der Waals surface area contributed by atoms with Crippen LogP contribution >= 0.6 is 27.3 Å². The summed E-state index contributed by atoms with van der Waals surface area (Å²) in [4.78, 5) is 16.0. The molecular weight excluding hydrogens is 288 g/mol. The van der Waals surface area contributed by atoms with E-state index in [1.165, 1.54) is 0 Å². The van der Waals surface area contributed by atoms with Crippen molar-refractivity contribution in [2.75, 3.05) is 0 Å². The molecule has 0 aliphatic heterocycles. The van der Waals surface area contributed by atoms with Gasteiger partial charge >= 0.3 is 0 Å². The van der Waals surface area contributed by atoms with Crippen LogP contribution in [0.4, 0.5) is 0 Å². The van der Waals surface area contributed by atoms with Gasteiger partial charge in [0.2, 0.25) is 0 Å². The van der Waals surface area contributed by atoms with E-state index in [2.05, 4.69) is 27.8 Å². The summed E-state index contributed by atoms with van der Waals surface area (Å²) in [5.74, 6) is 0. The lowest BCUT2D eigenvalue weighted by Gasteiger charge is -2.02. The lowest BCUT2D eigenvalue weighted by molar-refractivity contribution is 0.738. The maximum absolute atomic E-state index is 11.6. The number of hydrogen-bond acceptors (Lipinski definition) is 3. The Morgan fingerprint density at radius 3 is 3.00 bits per heavy atom. The lowest BCUT2D eigenvalue weighted by Crippen LogP contribution is -2.18. The number of pyridine rings is 1. The van der Waals surface area contributed by atoms with Gasteiger partial charge in [0, 0.05) is 22.1 Å². The molecule has 0 bridgehead atoms. The van der Waals surface area contributed by atoms with E-state index in [0.717, 1.165) is 21.6 Å². The fourth-order valence-electron chi connectivity index (χ4n) is 1.38. The van der Waals surface area contributed by atoms with Crippen LogP contribution in [0.3, 0.4) is 0 Å². The van der Waals surface area contributed by atoms with Crippen LogP contribution in [0.5, 0.6) is 0 Å². The van der Waals surface area contributed by atoms with Crippen LogP contribution in [-0.4, -0.2) is 9.55 Å². The maximum atomic E-state index is 11.6. The van der Waals surface area contributed by atoms with Gasteiger partial charge in [-0.25, -0.2) is 4.98 Å². The number of aryl methyl sites for hydroxylation is 1. The number of thiazole rings is 1. The number of hydrogen-bond donors (Lipinski definition) is 0. The Kier molecular flexibility index (Phi) is 3.56. The van der Waals surface area contributed by atoms with Gasteiger partial charge in [0.05, 0.1) is 17.2 Å². The van der Waals surface area contributed by atoms with Gasteiger partial charge in [-0.15, -0.1) is 11.3 Å². The second-order valence-electron chi connectivity index (χ2n) is 3.40. The zero-order chi connectivity index (χ0) is 11.5. The Hall–Kier alpha value is -0.940. The first kappa shape index (κ1) is 11.5. The second-order valence-corrected chi connectivity index (χ2v) is 5.26. The summed E-state index contributed by atoms with van der Waals surface area (Å²) in [6, 6.07) is 3.30. The highest BCUT2D eigenvalue weighted by molar-refractivity contribution is 9.10. The number of halogens is 1. The second kappa shape index (κ2) is 4.93. The SMILES string of the molecule is CCc1nc(Cn2cc(Br)ccc2=O)cs1. The molecule has 2 rings (SSSR count). The third-order valence-electron chi connectivity index (χ3n) is 2.18. The third-order valence-corrected chi connectivity index (χ3v) is 3.69. The molecule has 0 atom stereocenters. The highest BCUT2D eigenvalue weighted by Crippen LogP contribution is 2.12. The van der Waals surface area contributed by atoms with E-state index in [9.17, 15) is 4.79 Å². The highest BCUT2D eigenvalue weighted by Gasteiger charge is 2.03. The van der Waals surface area contributed by atoms with Gasteiger partial charge in [-0.05, 0) is 28.4 Å². The minimum atomic E-state index is -0.00533. The monoisotopic (exact) mass is 298 g/mol. The molecule has 0 saturated carbocycles. The van der Waals surface area contributed by atoms with Gasteiger partial charge in [-0.3, -0.25) is 4.79 Å². The van der Waals surface area contributed by atoms with Crippen molar-refractivity contribution in [2.45, 2.75) is 19.9 Å².